The average molecular weight is 225 g/mol. The van der Waals surface area contributed by atoms with Crippen molar-refractivity contribution in [3.8, 4) is 0 Å². The summed E-state index contributed by atoms with van der Waals surface area (Å²) in [5.74, 6) is 0.290. The number of carbonyl (C=O) groups is 1. The molecule has 2 atom stereocenters. The van der Waals surface area contributed by atoms with Gasteiger partial charge >= 0.3 is 0 Å². The molecule has 92 valence electrons. The lowest BCUT2D eigenvalue weighted by Crippen LogP contribution is -2.51. The van der Waals surface area contributed by atoms with Gasteiger partial charge in [-0.1, -0.05) is 0 Å². The molecular formula is C12H23N3O. The zero-order valence-electron chi connectivity index (χ0n) is 10.4. The summed E-state index contributed by atoms with van der Waals surface area (Å²) in [5.41, 5.74) is 0. The predicted molar refractivity (Wildman–Crippen MR) is 64.3 cm³/mol. The van der Waals surface area contributed by atoms with Crippen LogP contribution >= 0.6 is 0 Å². The van der Waals surface area contributed by atoms with E-state index in [2.05, 4.69) is 17.3 Å². The number of amides is 1. The molecule has 0 aromatic heterocycles. The summed E-state index contributed by atoms with van der Waals surface area (Å²) in [6, 6.07) is 0.492. The zero-order chi connectivity index (χ0) is 11.5. The van der Waals surface area contributed by atoms with E-state index in [1.165, 1.54) is 13.0 Å². The van der Waals surface area contributed by atoms with Crippen LogP contribution in [0, 0.1) is 0 Å². The van der Waals surface area contributed by atoms with Gasteiger partial charge in [0.2, 0.25) is 5.91 Å². The molecule has 2 rings (SSSR count). The SMILES string of the molecule is CN1CCCC(N(C)C(=O)[C@H]2CCCN2)C1. The minimum Gasteiger partial charge on any atom is -0.340 e. The molecule has 1 unspecified atom stereocenters. The van der Waals surface area contributed by atoms with Gasteiger partial charge in [-0.2, -0.15) is 0 Å². The highest BCUT2D eigenvalue weighted by molar-refractivity contribution is 5.82. The van der Waals surface area contributed by atoms with Crippen molar-refractivity contribution < 1.29 is 4.79 Å². The number of rotatable bonds is 2. The van der Waals surface area contributed by atoms with E-state index in [9.17, 15) is 4.79 Å². The number of hydrogen-bond acceptors (Lipinski definition) is 3. The Morgan fingerprint density at radius 1 is 1.38 bits per heavy atom. The third kappa shape index (κ3) is 2.55. The molecule has 0 aromatic rings. The molecule has 0 radical (unpaired) electrons. The molecule has 2 fully saturated rings. The van der Waals surface area contributed by atoms with Gasteiger partial charge in [0, 0.05) is 19.6 Å². The van der Waals surface area contributed by atoms with Crippen molar-refractivity contribution >= 4 is 5.91 Å². The Kier molecular flexibility index (Phi) is 3.82. The van der Waals surface area contributed by atoms with Gasteiger partial charge < -0.3 is 15.1 Å². The van der Waals surface area contributed by atoms with Gasteiger partial charge in [0.05, 0.1) is 6.04 Å². The van der Waals surface area contributed by atoms with E-state index in [1.807, 2.05) is 11.9 Å². The summed E-state index contributed by atoms with van der Waals surface area (Å²) in [4.78, 5) is 16.5. The summed E-state index contributed by atoms with van der Waals surface area (Å²) in [6.07, 6.45) is 4.50. The largest absolute Gasteiger partial charge is 0.340 e. The fourth-order valence-electron chi connectivity index (χ4n) is 2.78. The lowest BCUT2D eigenvalue weighted by atomic mass is 10.0. The normalized spacial score (nSPS) is 31.6. The third-order valence-corrected chi connectivity index (χ3v) is 3.85. The summed E-state index contributed by atoms with van der Waals surface area (Å²) in [5, 5.41) is 3.28. The fraction of sp³-hybridized carbons (Fsp3) is 0.917. The Bertz CT molecular complexity index is 251. The number of likely N-dealkylation sites (tertiary alicyclic amines) is 1. The molecule has 1 amide bonds. The second-order valence-electron chi connectivity index (χ2n) is 5.16. The standard InChI is InChI=1S/C12H23N3O/c1-14-8-4-5-10(9-14)15(2)12(16)11-6-3-7-13-11/h10-11,13H,3-9H2,1-2H3/t10?,11-/m1/s1. The van der Waals surface area contributed by atoms with Gasteiger partial charge in [-0.3, -0.25) is 4.79 Å². The van der Waals surface area contributed by atoms with Gasteiger partial charge in [0.15, 0.2) is 0 Å². The first kappa shape index (κ1) is 11.9. The molecule has 0 aromatic carbocycles. The van der Waals surface area contributed by atoms with Gasteiger partial charge in [0.1, 0.15) is 0 Å². The highest BCUT2D eigenvalue weighted by atomic mass is 16.2. The van der Waals surface area contributed by atoms with Crippen molar-refractivity contribution in [1.82, 2.24) is 15.1 Å². The van der Waals surface area contributed by atoms with Crippen molar-refractivity contribution in [3.63, 3.8) is 0 Å². The van der Waals surface area contributed by atoms with Gasteiger partial charge in [-0.15, -0.1) is 0 Å². The number of nitrogens with zero attached hydrogens (tertiary/aromatic N) is 2. The molecule has 4 heteroatoms. The molecule has 4 nitrogen and oxygen atoms in total. The molecule has 0 bridgehead atoms. The van der Waals surface area contributed by atoms with E-state index in [4.69, 9.17) is 0 Å². The fourth-order valence-corrected chi connectivity index (χ4v) is 2.78. The van der Waals surface area contributed by atoms with Crippen LogP contribution in [0.4, 0.5) is 0 Å². The number of nitrogens with one attached hydrogen (secondary N) is 1. The maximum Gasteiger partial charge on any atom is 0.239 e. The van der Waals surface area contributed by atoms with Crippen molar-refractivity contribution in [2.45, 2.75) is 37.8 Å². The second-order valence-corrected chi connectivity index (χ2v) is 5.16. The van der Waals surface area contributed by atoms with Crippen molar-refractivity contribution in [2.24, 2.45) is 0 Å². The lowest BCUT2D eigenvalue weighted by molar-refractivity contribution is -0.134. The van der Waals surface area contributed by atoms with Gasteiger partial charge in [-0.25, -0.2) is 0 Å². The summed E-state index contributed by atoms with van der Waals surface area (Å²) >= 11 is 0. The highest BCUT2D eigenvalue weighted by Gasteiger charge is 2.30. The van der Waals surface area contributed by atoms with E-state index in [0.29, 0.717) is 6.04 Å². The Morgan fingerprint density at radius 2 is 2.19 bits per heavy atom. The van der Waals surface area contributed by atoms with E-state index in [0.717, 1.165) is 32.4 Å². The van der Waals surface area contributed by atoms with E-state index in [1.54, 1.807) is 0 Å². The first-order valence-electron chi connectivity index (χ1n) is 6.37. The van der Waals surface area contributed by atoms with Crippen LogP contribution in [-0.2, 0) is 4.79 Å². The molecule has 2 saturated heterocycles. The first-order valence-corrected chi connectivity index (χ1v) is 6.37. The highest BCUT2D eigenvalue weighted by Crippen LogP contribution is 2.16. The molecule has 16 heavy (non-hydrogen) atoms. The first-order chi connectivity index (χ1) is 7.68. The second kappa shape index (κ2) is 5.15. The van der Waals surface area contributed by atoms with Crippen LogP contribution in [0.1, 0.15) is 25.7 Å². The van der Waals surface area contributed by atoms with Crippen LogP contribution in [0.25, 0.3) is 0 Å². The molecule has 2 heterocycles. The number of carbonyl (C=O) groups excluding carboxylic acids is 1. The monoisotopic (exact) mass is 225 g/mol. The Balaban J connectivity index is 1.89. The summed E-state index contributed by atoms with van der Waals surface area (Å²) < 4.78 is 0. The van der Waals surface area contributed by atoms with Gasteiger partial charge in [-0.05, 0) is 45.8 Å². The van der Waals surface area contributed by atoms with Crippen LogP contribution < -0.4 is 5.32 Å². The van der Waals surface area contributed by atoms with E-state index >= 15 is 0 Å². The van der Waals surface area contributed by atoms with Crippen molar-refractivity contribution in [3.05, 3.63) is 0 Å². The zero-order valence-corrected chi connectivity index (χ0v) is 10.4. The van der Waals surface area contributed by atoms with Crippen LogP contribution in [-0.4, -0.2) is 61.5 Å². The smallest absolute Gasteiger partial charge is 0.239 e. The predicted octanol–water partition coefficient (Wildman–Crippen LogP) is 0.291. The van der Waals surface area contributed by atoms with Crippen LogP contribution in [0.3, 0.4) is 0 Å². The molecule has 2 aliphatic heterocycles. The van der Waals surface area contributed by atoms with Crippen LogP contribution in [0.2, 0.25) is 0 Å². The number of likely N-dealkylation sites (N-methyl/N-ethyl adjacent to an activating group) is 2. The Labute approximate surface area is 98.0 Å². The molecule has 0 saturated carbocycles. The Hall–Kier alpha value is -0.610. The number of piperidine rings is 1. The van der Waals surface area contributed by atoms with E-state index in [-0.39, 0.29) is 11.9 Å². The lowest BCUT2D eigenvalue weighted by Gasteiger charge is -2.36. The van der Waals surface area contributed by atoms with Gasteiger partial charge in [0.25, 0.3) is 0 Å². The molecule has 1 N–H and O–H groups in total. The molecular weight excluding hydrogens is 202 g/mol. The molecule has 0 aliphatic carbocycles. The quantitative estimate of drug-likeness (QED) is 0.734. The molecule has 0 spiro atoms. The minimum atomic E-state index is 0.0808. The van der Waals surface area contributed by atoms with Crippen molar-refractivity contribution in [1.29, 1.82) is 0 Å². The average Bonchev–Trinajstić information content (AvgIpc) is 2.80. The minimum absolute atomic E-state index is 0.0808. The maximum atomic E-state index is 12.2. The Morgan fingerprint density at radius 3 is 2.81 bits per heavy atom. The summed E-state index contributed by atoms with van der Waals surface area (Å²) in [6.45, 7) is 3.18. The van der Waals surface area contributed by atoms with E-state index < -0.39 is 0 Å². The summed E-state index contributed by atoms with van der Waals surface area (Å²) in [7, 11) is 4.10. The van der Waals surface area contributed by atoms with Crippen molar-refractivity contribution in [2.75, 3.05) is 33.7 Å². The topological polar surface area (TPSA) is 35.6 Å². The number of hydrogen-bond donors (Lipinski definition) is 1. The van der Waals surface area contributed by atoms with Crippen LogP contribution in [0.5, 0.6) is 0 Å². The third-order valence-electron chi connectivity index (χ3n) is 3.85. The molecule has 2 aliphatic rings. The van der Waals surface area contributed by atoms with Crippen LogP contribution in [0.15, 0.2) is 0 Å². The maximum absolute atomic E-state index is 12.2.